The predicted molar refractivity (Wildman–Crippen MR) is 53.5 cm³/mol. The van der Waals surface area contributed by atoms with Crippen LogP contribution in [-0.4, -0.2) is 16.7 Å². The van der Waals surface area contributed by atoms with E-state index in [4.69, 9.17) is 0 Å². The summed E-state index contributed by atoms with van der Waals surface area (Å²) in [6.45, 7) is 0. The van der Waals surface area contributed by atoms with E-state index in [0.29, 0.717) is 6.07 Å². The summed E-state index contributed by atoms with van der Waals surface area (Å²) in [6, 6.07) is 6.45. The Morgan fingerprint density at radius 3 is 2.50 bits per heavy atom. The Hall–Kier alpha value is -2.05. The van der Waals surface area contributed by atoms with E-state index in [-0.39, 0.29) is 17.0 Å². The fraction of sp³-hybridized carbons (Fsp3) is 0.182. The molecule has 0 radical (unpaired) electrons. The highest BCUT2D eigenvalue weighted by molar-refractivity contribution is 5.66. The highest BCUT2D eigenvalue weighted by atomic mass is 19.3. The summed E-state index contributed by atoms with van der Waals surface area (Å²) < 4.78 is 54.3. The molecule has 0 bridgehead atoms. The largest absolute Gasteiger partial charge is 0.507 e. The number of alkyl halides is 4. The Morgan fingerprint density at radius 2 is 1.89 bits per heavy atom. The summed E-state index contributed by atoms with van der Waals surface area (Å²) in [4.78, 5) is 0. The molecule has 3 nitrogen and oxygen atoms in total. The Kier molecular flexibility index (Phi) is 2.98. The van der Waals surface area contributed by atoms with Crippen LogP contribution in [0.25, 0.3) is 11.3 Å². The summed E-state index contributed by atoms with van der Waals surface area (Å²) in [5.74, 6) is -5.86. The van der Waals surface area contributed by atoms with Crippen LogP contribution in [0, 0.1) is 0 Å². The molecular formula is C11H7F4NO2. The number of halogens is 4. The molecule has 1 aromatic heterocycles. The first-order chi connectivity index (χ1) is 8.43. The molecule has 0 amide bonds. The Labute approximate surface area is 98.6 Å². The minimum atomic E-state index is -4.41. The van der Waals surface area contributed by atoms with Crippen molar-refractivity contribution in [2.45, 2.75) is 12.3 Å². The third-order valence-corrected chi connectivity index (χ3v) is 2.29. The average Bonchev–Trinajstić information content (AvgIpc) is 2.79. The summed E-state index contributed by atoms with van der Waals surface area (Å²) in [5, 5.41) is 12.7. The van der Waals surface area contributed by atoms with Gasteiger partial charge in [-0.15, -0.1) is 0 Å². The third-order valence-electron chi connectivity index (χ3n) is 2.29. The van der Waals surface area contributed by atoms with Gasteiger partial charge in [-0.2, -0.15) is 8.78 Å². The van der Waals surface area contributed by atoms with Gasteiger partial charge < -0.3 is 9.63 Å². The number of aromatic nitrogens is 1. The van der Waals surface area contributed by atoms with Crippen LogP contribution in [0.15, 0.2) is 34.9 Å². The molecule has 1 aromatic carbocycles. The highest BCUT2D eigenvalue weighted by Gasteiger charge is 2.46. The van der Waals surface area contributed by atoms with Crippen LogP contribution in [-0.2, 0) is 5.92 Å². The van der Waals surface area contributed by atoms with Gasteiger partial charge in [0.05, 0.1) is 0 Å². The molecule has 0 aliphatic rings. The van der Waals surface area contributed by atoms with Crippen LogP contribution in [0.2, 0.25) is 0 Å². The number of nitrogens with zero attached hydrogens (tertiary/aromatic N) is 1. The molecule has 0 spiro atoms. The smallest absolute Gasteiger partial charge is 0.366 e. The maximum Gasteiger partial charge on any atom is 0.366 e. The monoisotopic (exact) mass is 261 g/mol. The van der Waals surface area contributed by atoms with Crippen molar-refractivity contribution >= 4 is 0 Å². The average molecular weight is 261 g/mol. The molecule has 18 heavy (non-hydrogen) atoms. The molecule has 1 heterocycles. The standard InChI is InChI=1S/C11H7F4NO2/c12-10(13)11(14,15)9-5-7(16-18-9)6-3-1-2-4-8(6)17/h1-5,10,17H. The Balaban J connectivity index is 2.41. The van der Waals surface area contributed by atoms with E-state index in [0.717, 1.165) is 0 Å². The summed E-state index contributed by atoms with van der Waals surface area (Å²) in [6.07, 6.45) is -3.89. The third kappa shape index (κ3) is 2.03. The number of phenolic OH excluding ortho intramolecular Hbond substituents is 1. The van der Waals surface area contributed by atoms with Crippen molar-refractivity contribution in [1.29, 1.82) is 0 Å². The van der Waals surface area contributed by atoms with Crippen molar-refractivity contribution < 1.29 is 27.2 Å². The lowest BCUT2D eigenvalue weighted by atomic mass is 10.1. The lowest BCUT2D eigenvalue weighted by molar-refractivity contribution is -0.149. The van der Waals surface area contributed by atoms with Crippen LogP contribution < -0.4 is 0 Å². The van der Waals surface area contributed by atoms with Gasteiger partial charge in [0, 0.05) is 11.6 Å². The first-order valence-corrected chi connectivity index (χ1v) is 4.84. The number of hydrogen-bond donors (Lipinski definition) is 1. The van der Waals surface area contributed by atoms with Crippen LogP contribution in [0.3, 0.4) is 0 Å². The van der Waals surface area contributed by atoms with Crippen molar-refractivity contribution in [1.82, 2.24) is 5.16 Å². The van der Waals surface area contributed by atoms with Gasteiger partial charge in [-0.3, -0.25) is 0 Å². The number of aromatic hydroxyl groups is 1. The van der Waals surface area contributed by atoms with Crippen LogP contribution >= 0.6 is 0 Å². The van der Waals surface area contributed by atoms with Gasteiger partial charge >= 0.3 is 12.3 Å². The lowest BCUT2D eigenvalue weighted by Crippen LogP contribution is -2.22. The molecular weight excluding hydrogens is 254 g/mol. The predicted octanol–water partition coefficient (Wildman–Crippen LogP) is 3.40. The van der Waals surface area contributed by atoms with Crippen molar-refractivity contribution in [2.75, 3.05) is 0 Å². The van der Waals surface area contributed by atoms with E-state index in [9.17, 15) is 22.7 Å². The molecule has 0 fully saturated rings. The molecule has 7 heteroatoms. The number of rotatable bonds is 3. The molecule has 0 aliphatic carbocycles. The molecule has 0 saturated heterocycles. The molecule has 96 valence electrons. The zero-order chi connectivity index (χ0) is 13.3. The molecule has 0 aliphatic heterocycles. The Bertz CT molecular complexity index is 553. The minimum absolute atomic E-state index is 0.123. The second-order valence-corrected chi connectivity index (χ2v) is 3.52. The quantitative estimate of drug-likeness (QED) is 0.861. The minimum Gasteiger partial charge on any atom is -0.507 e. The van der Waals surface area contributed by atoms with Crippen molar-refractivity contribution in [3.8, 4) is 17.0 Å². The van der Waals surface area contributed by atoms with Crippen LogP contribution in [0.4, 0.5) is 17.6 Å². The van der Waals surface area contributed by atoms with E-state index in [1.165, 1.54) is 24.3 Å². The van der Waals surface area contributed by atoms with Crippen LogP contribution in [0.5, 0.6) is 5.75 Å². The van der Waals surface area contributed by atoms with Gasteiger partial charge in [-0.25, -0.2) is 8.78 Å². The lowest BCUT2D eigenvalue weighted by Gasteiger charge is -2.09. The normalized spacial score (nSPS) is 12.1. The van der Waals surface area contributed by atoms with Crippen molar-refractivity contribution in [3.05, 3.63) is 36.1 Å². The van der Waals surface area contributed by atoms with Gasteiger partial charge in [-0.05, 0) is 12.1 Å². The van der Waals surface area contributed by atoms with E-state index in [2.05, 4.69) is 9.68 Å². The van der Waals surface area contributed by atoms with Gasteiger partial charge in [0.15, 0.2) is 0 Å². The first-order valence-electron chi connectivity index (χ1n) is 4.84. The topological polar surface area (TPSA) is 46.3 Å². The SMILES string of the molecule is Oc1ccccc1-c1cc(C(F)(F)C(F)F)on1. The van der Waals surface area contributed by atoms with Crippen LogP contribution in [0.1, 0.15) is 5.76 Å². The zero-order valence-corrected chi connectivity index (χ0v) is 8.78. The van der Waals surface area contributed by atoms with Crippen molar-refractivity contribution in [3.63, 3.8) is 0 Å². The summed E-state index contributed by atoms with van der Waals surface area (Å²) in [7, 11) is 0. The second-order valence-electron chi connectivity index (χ2n) is 3.52. The second kappa shape index (κ2) is 4.32. The van der Waals surface area contributed by atoms with E-state index < -0.39 is 18.1 Å². The molecule has 0 unspecified atom stereocenters. The maximum absolute atomic E-state index is 13.0. The van der Waals surface area contributed by atoms with Gasteiger partial charge in [-0.1, -0.05) is 17.3 Å². The molecule has 2 rings (SSSR count). The summed E-state index contributed by atoms with van der Waals surface area (Å²) in [5.41, 5.74) is -0.0130. The number of phenols is 1. The highest BCUT2D eigenvalue weighted by Crippen LogP contribution is 2.37. The maximum atomic E-state index is 13.0. The summed E-state index contributed by atoms with van der Waals surface area (Å²) >= 11 is 0. The molecule has 2 aromatic rings. The fourth-order valence-corrected chi connectivity index (χ4v) is 1.36. The number of hydrogen-bond acceptors (Lipinski definition) is 3. The number of benzene rings is 1. The number of para-hydroxylation sites is 1. The van der Waals surface area contributed by atoms with Crippen molar-refractivity contribution in [2.24, 2.45) is 0 Å². The van der Waals surface area contributed by atoms with E-state index in [1.807, 2.05) is 0 Å². The van der Waals surface area contributed by atoms with E-state index >= 15 is 0 Å². The van der Waals surface area contributed by atoms with Gasteiger partial charge in [0.25, 0.3) is 0 Å². The molecule has 1 N–H and O–H groups in total. The first kappa shape index (κ1) is 12.4. The van der Waals surface area contributed by atoms with Gasteiger partial charge in [0.2, 0.25) is 5.76 Å². The molecule has 0 atom stereocenters. The fourth-order valence-electron chi connectivity index (χ4n) is 1.36. The van der Waals surface area contributed by atoms with E-state index in [1.54, 1.807) is 0 Å². The Morgan fingerprint density at radius 1 is 1.22 bits per heavy atom. The van der Waals surface area contributed by atoms with Gasteiger partial charge in [0.1, 0.15) is 11.4 Å². The zero-order valence-electron chi connectivity index (χ0n) is 8.78. The molecule has 0 saturated carbocycles.